The fourth-order valence-electron chi connectivity index (χ4n) is 6.08. The van der Waals surface area contributed by atoms with Gasteiger partial charge in [0.1, 0.15) is 0 Å². The summed E-state index contributed by atoms with van der Waals surface area (Å²) in [5.74, 6) is -3.52. The smallest absolute Gasteiger partial charge is 0.334 e. The second-order valence-electron chi connectivity index (χ2n) is 11.9. The molecule has 0 bridgehead atoms. The molecule has 0 unspecified atom stereocenters. The third-order valence-corrected chi connectivity index (χ3v) is 8.78. The Morgan fingerprint density at radius 2 is 1.39 bits per heavy atom. The number of rotatable bonds is 12. The number of hydrogen-bond acceptors (Lipinski definition) is 6. The van der Waals surface area contributed by atoms with E-state index in [1.165, 1.54) is 35.4 Å². The van der Waals surface area contributed by atoms with Gasteiger partial charge in [-0.1, -0.05) is 72.8 Å². The van der Waals surface area contributed by atoms with Gasteiger partial charge in [0.25, 0.3) is 5.69 Å². The molecule has 3 aromatic rings. The lowest BCUT2D eigenvalue weighted by molar-refractivity contribution is -0.384. The average Bonchev–Trinajstić information content (AvgIpc) is 2.99. The predicted molar refractivity (Wildman–Crippen MR) is 169 cm³/mol. The van der Waals surface area contributed by atoms with Gasteiger partial charge in [0.2, 0.25) is 0 Å². The van der Waals surface area contributed by atoms with Crippen LogP contribution >= 0.6 is 0 Å². The zero-order valence-corrected chi connectivity index (χ0v) is 25.7. The van der Waals surface area contributed by atoms with E-state index in [1.807, 2.05) is 43.4 Å². The van der Waals surface area contributed by atoms with Crippen molar-refractivity contribution in [2.75, 3.05) is 20.1 Å². The predicted octanol–water partition coefficient (Wildman–Crippen LogP) is 6.64. The van der Waals surface area contributed by atoms with Gasteiger partial charge in [-0.25, -0.2) is 9.59 Å². The van der Waals surface area contributed by atoms with Crippen LogP contribution in [-0.2, 0) is 9.59 Å². The molecule has 0 aromatic heterocycles. The topological polar surface area (TPSA) is 124 Å². The minimum atomic E-state index is -1.27. The molecule has 1 aliphatic rings. The molecule has 0 saturated carbocycles. The highest BCUT2D eigenvalue weighted by atomic mass is 16.6. The van der Waals surface area contributed by atoms with E-state index >= 15 is 0 Å². The number of hydrogen-bond donors (Lipinski definition) is 2. The average molecular weight is 598 g/mol. The number of nitrogens with zero attached hydrogens (tertiary/aromatic N) is 3. The van der Waals surface area contributed by atoms with Crippen molar-refractivity contribution >= 4 is 17.6 Å². The number of nitro benzene ring substituents is 1. The quantitative estimate of drug-likeness (QED) is 0.176. The first-order chi connectivity index (χ1) is 20.8. The van der Waals surface area contributed by atoms with Crippen molar-refractivity contribution in [2.45, 2.75) is 51.5 Å². The van der Waals surface area contributed by atoms with E-state index < -0.39 is 28.3 Å². The van der Waals surface area contributed by atoms with Crippen molar-refractivity contribution in [3.63, 3.8) is 0 Å². The summed E-state index contributed by atoms with van der Waals surface area (Å²) in [5.41, 5.74) is 2.56. The Labute approximate surface area is 257 Å². The molecule has 4 rings (SSSR count). The Bertz CT molecular complexity index is 1520. The molecule has 9 nitrogen and oxygen atoms in total. The lowest BCUT2D eigenvalue weighted by Gasteiger charge is -2.44. The summed E-state index contributed by atoms with van der Waals surface area (Å²) < 4.78 is 0. The van der Waals surface area contributed by atoms with Crippen LogP contribution in [-0.4, -0.2) is 62.6 Å². The van der Waals surface area contributed by atoms with Gasteiger partial charge in [-0.3, -0.25) is 15.0 Å². The standard InChI is InChI=1S/C35H39N3O6/c1-23-30(33(39)40)32(27-17-12-18-28(21-27)38(43)44)31(34(41)42)24(2)37(23)22-35(3,4)36(5)20-19-29(25-13-8-6-9-14-25)26-15-10-7-11-16-26/h6-18,21,29,32H,19-20,22H2,1-5H3,(H,39,40)(H,41,42). The maximum Gasteiger partial charge on any atom is 0.334 e. The first-order valence-corrected chi connectivity index (χ1v) is 14.5. The molecule has 0 amide bonds. The molecule has 44 heavy (non-hydrogen) atoms. The summed E-state index contributed by atoms with van der Waals surface area (Å²) >= 11 is 0. The monoisotopic (exact) mass is 597 g/mol. The number of likely N-dealkylation sites (N-methyl/N-ethyl adjacent to an activating group) is 1. The van der Waals surface area contributed by atoms with Crippen LogP contribution in [0.15, 0.2) is 107 Å². The van der Waals surface area contributed by atoms with Gasteiger partial charge in [-0.15, -0.1) is 0 Å². The van der Waals surface area contributed by atoms with Gasteiger partial charge in [0.05, 0.1) is 22.0 Å². The van der Waals surface area contributed by atoms with Crippen molar-refractivity contribution < 1.29 is 24.7 Å². The van der Waals surface area contributed by atoms with Gasteiger partial charge < -0.3 is 15.1 Å². The van der Waals surface area contributed by atoms with Gasteiger partial charge in [0.15, 0.2) is 0 Å². The van der Waals surface area contributed by atoms with E-state index in [2.05, 4.69) is 43.0 Å². The SMILES string of the molecule is CC1=C(C(=O)O)C(c2cccc([N+](=O)[O-])c2)C(C(=O)O)=C(C)N1CC(C)(C)N(C)CCC(c1ccccc1)c1ccccc1. The van der Waals surface area contributed by atoms with E-state index in [4.69, 9.17) is 0 Å². The highest BCUT2D eigenvalue weighted by Gasteiger charge is 2.41. The number of nitro groups is 1. The molecule has 9 heteroatoms. The van der Waals surface area contributed by atoms with E-state index in [0.717, 1.165) is 13.0 Å². The van der Waals surface area contributed by atoms with Crippen LogP contribution in [0.3, 0.4) is 0 Å². The summed E-state index contributed by atoms with van der Waals surface area (Å²) in [6.07, 6.45) is 0.840. The number of non-ortho nitro benzene ring substituents is 1. The van der Waals surface area contributed by atoms with E-state index in [0.29, 0.717) is 17.9 Å². The van der Waals surface area contributed by atoms with E-state index in [-0.39, 0.29) is 28.3 Å². The zero-order valence-electron chi connectivity index (χ0n) is 25.7. The Hall–Kier alpha value is -4.76. The summed E-state index contributed by atoms with van der Waals surface area (Å²) in [6.45, 7) is 8.52. The number of carboxylic acids is 2. The largest absolute Gasteiger partial charge is 0.478 e. The first-order valence-electron chi connectivity index (χ1n) is 14.5. The van der Waals surface area contributed by atoms with Gasteiger partial charge in [0, 0.05) is 41.5 Å². The number of allylic oxidation sites excluding steroid dienone is 2. The highest BCUT2D eigenvalue weighted by Crippen LogP contribution is 2.43. The Balaban J connectivity index is 1.65. The minimum Gasteiger partial charge on any atom is -0.478 e. The highest BCUT2D eigenvalue weighted by molar-refractivity contribution is 5.98. The van der Waals surface area contributed by atoms with Gasteiger partial charge >= 0.3 is 11.9 Å². The van der Waals surface area contributed by atoms with E-state index in [1.54, 1.807) is 18.7 Å². The molecular formula is C35H39N3O6. The molecule has 1 heterocycles. The summed E-state index contributed by atoms with van der Waals surface area (Å²) in [7, 11) is 2.03. The van der Waals surface area contributed by atoms with Crippen molar-refractivity contribution in [1.82, 2.24) is 9.80 Å². The summed E-state index contributed by atoms with van der Waals surface area (Å²) in [4.78, 5) is 40.3. The number of benzene rings is 3. The lowest BCUT2D eigenvalue weighted by Crippen LogP contribution is -2.51. The maximum absolute atomic E-state index is 12.7. The second-order valence-corrected chi connectivity index (χ2v) is 11.9. The van der Waals surface area contributed by atoms with Crippen LogP contribution in [0.2, 0.25) is 0 Å². The molecule has 2 N–H and O–H groups in total. The number of carbonyl (C=O) groups is 2. The molecule has 0 spiro atoms. The Morgan fingerprint density at radius 1 is 0.886 bits per heavy atom. The molecule has 0 fully saturated rings. The van der Waals surface area contributed by atoms with Crippen molar-refractivity contribution in [3.05, 3.63) is 134 Å². The van der Waals surface area contributed by atoms with Crippen LogP contribution in [0, 0.1) is 10.1 Å². The van der Waals surface area contributed by atoms with Crippen molar-refractivity contribution in [1.29, 1.82) is 0 Å². The maximum atomic E-state index is 12.7. The van der Waals surface area contributed by atoms with Crippen LogP contribution in [0.1, 0.15) is 62.6 Å². The molecule has 230 valence electrons. The fourth-order valence-corrected chi connectivity index (χ4v) is 6.08. The molecule has 0 saturated heterocycles. The van der Waals surface area contributed by atoms with Gasteiger partial charge in [-0.05, 0) is 64.4 Å². The Morgan fingerprint density at radius 3 is 1.84 bits per heavy atom. The van der Waals surface area contributed by atoms with Crippen LogP contribution < -0.4 is 0 Å². The van der Waals surface area contributed by atoms with Crippen LogP contribution in [0.25, 0.3) is 0 Å². The number of aliphatic carboxylic acids is 2. The van der Waals surface area contributed by atoms with Crippen molar-refractivity contribution in [2.24, 2.45) is 0 Å². The van der Waals surface area contributed by atoms with Crippen LogP contribution in [0.4, 0.5) is 5.69 Å². The van der Waals surface area contributed by atoms with Gasteiger partial charge in [-0.2, -0.15) is 0 Å². The fraction of sp³-hybridized carbons (Fsp3) is 0.314. The molecule has 1 aliphatic heterocycles. The molecule has 0 atom stereocenters. The summed E-state index contributed by atoms with van der Waals surface area (Å²) in [6, 6.07) is 26.3. The zero-order chi connectivity index (χ0) is 32.2. The minimum absolute atomic E-state index is 0.111. The molecule has 0 radical (unpaired) electrons. The van der Waals surface area contributed by atoms with Crippen LogP contribution in [0.5, 0.6) is 0 Å². The third-order valence-electron chi connectivity index (χ3n) is 8.78. The van der Waals surface area contributed by atoms with E-state index in [9.17, 15) is 29.9 Å². The van der Waals surface area contributed by atoms with Crippen molar-refractivity contribution in [3.8, 4) is 0 Å². The first kappa shape index (κ1) is 32.2. The normalized spacial score (nSPS) is 14.5. The molecule has 0 aliphatic carbocycles. The molecular weight excluding hydrogens is 558 g/mol. The second kappa shape index (κ2) is 13.3. The number of carboxylic acid groups (broad SMARTS) is 2. The lowest BCUT2D eigenvalue weighted by atomic mass is 9.79. The third kappa shape index (κ3) is 6.73. The Kier molecular flexibility index (Phi) is 9.69. The molecule has 3 aromatic carbocycles. The summed E-state index contributed by atoms with van der Waals surface area (Å²) in [5, 5.41) is 32.2.